The number of aromatic nitrogens is 1. The van der Waals surface area contributed by atoms with Crippen molar-refractivity contribution in [2.45, 2.75) is 65.0 Å². The van der Waals surface area contributed by atoms with Crippen molar-refractivity contribution in [3.05, 3.63) is 16.1 Å². The fourth-order valence-corrected chi connectivity index (χ4v) is 2.50. The molecule has 1 aromatic rings. The van der Waals surface area contributed by atoms with Crippen LogP contribution in [0.5, 0.6) is 0 Å². The lowest BCUT2D eigenvalue weighted by molar-refractivity contribution is -0.00984. The van der Waals surface area contributed by atoms with E-state index >= 15 is 0 Å². The van der Waals surface area contributed by atoms with E-state index in [9.17, 15) is 0 Å². The number of rotatable bonds is 4. The van der Waals surface area contributed by atoms with Gasteiger partial charge in [-0.25, -0.2) is 4.98 Å². The van der Waals surface area contributed by atoms with Gasteiger partial charge < -0.3 is 10.5 Å². The highest BCUT2D eigenvalue weighted by molar-refractivity contribution is 7.09. The van der Waals surface area contributed by atoms with Gasteiger partial charge in [0.15, 0.2) is 0 Å². The van der Waals surface area contributed by atoms with Gasteiger partial charge in [-0.15, -0.1) is 11.3 Å². The molecule has 0 fully saturated rings. The number of nitrogens with zero attached hydrogens (tertiary/aromatic N) is 1. The molecule has 1 aromatic heterocycles. The second-order valence-electron chi connectivity index (χ2n) is 6.76. The Labute approximate surface area is 115 Å². The summed E-state index contributed by atoms with van der Waals surface area (Å²) in [5, 5.41) is 3.23. The first-order valence-corrected chi connectivity index (χ1v) is 7.30. The molecular weight excluding hydrogens is 244 g/mol. The van der Waals surface area contributed by atoms with Crippen molar-refractivity contribution in [1.82, 2.24) is 4.98 Å². The van der Waals surface area contributed by atoms with Crippen molar-refractivity contribution < 1.29 is 4.74 Å². The molecule has 0 saturated heterocycles. The van der Waals surface area contributed by atoms with Gasteiger partial charge in [0.1, 0.15) is 0 Å². The third-order valence-corrected chi connectivity index (χ3v) is 3.36. The zero-order chi connectivity index (χ0) is 14.0. The highest BCUT2D eigenvalue weighted by Crippen LogP contribution is 2.24. The lowest BCUT2D eigenvalue weighted by Crippen LogP contribution is -2.33. The zero-order valence-corrected chi connectivity index (χ0v) is 13.2. The Kier molecular flexibility index (Phi) is 4.92. The van der Waals surface area contributed by atoms with Crippen LogP contribution in [-0.2, 0) is 16.6 Å². The first-order chi connectivity index (χ1) is 8.08. The smallest absolute Gasteiger partial charge is 0.0944 e. The molecule has 0 bridgehead atoms. The van der Waals surface area contributed by atoms with Crippen molar-refractivity contribution in [1.29, 1.82) is 0 Å². The largest absolute Gasteiger partial charge is 0.374 e. The predicted octanol–water partition coefficient (Wildman–Crippen LogP) is 3.13. The Balaban J connectivity index is 2.50. The van der Waals surface area contributed by atoms with Gasteiger partial charge >= 0.3 is 0 Å². The van der Waals surface area contributed by atoms with Crippen LogP contribution in [-0.4, -0.2) is 23.2 Å². The number of thiazole rings is 1. The quantitative estimate of drug-likeness (QED) is 0.914. The van der Waals surface area contributed by atoms with Gasteiger partial charge in [0.2, 0.25) is 0 Å². The number of nitrogens with two attached hydrogens (primary N) is 1. The molecule has 0 saturated carbocycles. The monoisotopic (exact) mass is 270 g/mol. The average molecular weight is 270 g/mol. The van der Waals surface area contributed by atoms with E-state index in [4.69, 9.17) is 10.5 Å². The van der Waals surface area contributed by atoms with E-state index in [1.807, 2.05) is 20.8 Å². The SMILES string of the molecule is CC(C)(C)OCC(N)Cc1nc(C(C)(C)C)cs1. The molecule has 1 heterocycles. The van der Waals surface area contributed by atoms with Crippen LogP contribution in [0.15, 0.2) is 5.38 Å². The standard InChI is InChI=1S/C14H26N2OS/c1-13(2,3)11-9-18-12(16-11)7-10(15)8-17-14(4,5)6/h9-10H,7-8,15H2,1-6H3. The Morgan fingerprint density at radius 1 is 1.28 bits per heavy atom. The fraction of sp³-hybridized carbons (Fsp3) is 0.786. The van der Waals surface area contributed by atoms with E-state index < -0.39 is 0 Å². The maximum absolute atomic E-state index is 6.07. The summed E-state index contributed by atoms with van der Waals surface area (Å²) in [7, 11) is 0. The van der Waals surface area contributed by atoms with Crippen LogP contribution in [0.3, 0.4) is 0 Å². The number of hydrogen-bond donors (Lipinski definition) is 1. The van der Waals surface area contributed by atoms with Crippen LogP contribution >= 0.6 is 11.3 Å². The Morgan fingerprint density at radius 3 is 2.33 bits per heavy atom. The molecule has 0 aliphatic rings. The molecule has 0 spiro atoms. The van der Waals surface area contributed by atoms with E-state index in [0.29, 0.717) is 6.61 Å². The minimum atomic E-state index is -0.128. The molecule has 18 heavy (non-hydrogen) atoms. The van der Waals surface area contributed by atoms with Crippen molar-refractivity contribution in [3.8, 4) is 0 Å². The van der Waals surface area contributed by atoms with Crippen LogP contribution in [0.2, 0.25) is 0 Å². The molecule has 0 aromatic carbocycles. The normalized spacial score (nSPS) is 14.8. The Hall–Kier alpha value is -0.450. The lowest BCUT2D eigenvalue weighted by atomic mass is 9.93. The van der Waals surface area contributed by atoms with E-state index in [1.165, 1.54) is 0 Å². The topological polar surface area (TPSA) is 48.1 Å². The first-order valence-electron chi connectivity index (χ1n) is 6.42. The van der Waals surface area contributed by atoms with Gasteiger partial charge in [0.05, 0.1) is 22.9 Å². The summed E-state index contributed by atoms with van der Waals surface area (Å²) in [6.45, 7) is 13.2. The van der Waals surface area contributed by atoms with Gasteiger partial charge in [-0.1, -0.05) is 20.8 Å². The fourth-order valence-electron chi connectivity index (χ4n) is 1.39. The molecule has 1 unspecified atom stereocenters. The highest BCUT2D eigenvalue weighted by atomic mass is 32.1. The molecule has 104 valence electrons. The summed E-state index contributed by atoms with van der Waals surface area (Å²) in [5.74, 6) is 0. The second-order valence-corrected chi connectivity index (χ2v) is 7.71. The van der Waals surface area contributed by atoms with E-state index in [0.717, 1.165) is 17.1 Å². The summed E-state index contributed by atoms with van der Waals surface area (Å²) >= 11 is 1.69. The average Bonchev–Trinajstić information content (AvgIpc) is 2.61. The van der Waals surface area contributed by atoms with Gasteiger partial charge in [0.25, 0.3) is 0 Å². The predicted molar refractivity (Wildman–Crippen MR) is 78.2 cm³/mol. The molecule has 1 rings (SSSR count). The van der Waals surface area contributed by atoms with Crippen molar-refractivity contribution in [3.63, 3.8) is 0 Å². The molecule has 0 aliphatic heterocycles. The van der Waals surface area contributed by atoms with Crippen LogP contribution in [0.1, 0.15) is 52.2 Å². The van der Waals surface area contributed by atoms with E-state index in [2.05, 4.69) is 31.1 Å². The maximum Gasteiger partial charge on any atom is 0.0944 e. The van der Waals surface area contributed by atoms with Crippen LogP contribution in [0.25, 0.3) is 0 Å². The molecule has 2 N–H and O–H groups in total. The first kappa shape index (κ1) is 15.6. The summed E-state index contributed by atoms with van der Waals surface area (Å²) in [4.78, 5) is 4.65. The van der Waals surface area contributed by atoms with Gasteiger partial charge in [-0.3, -0.25) is 0 Å². The van der Waals surface area contributed by atoms with Crippen molar-refractivity contribution in [2.24, 2.45) is 5.73 Å². The zero-order valence-electron chi connectivity index (χ0n) is 12.4. The number of ether oxygens (including phenoxy) is 1. The summed E-state index contributed by atoms with van der Waals surface area (Å²) in [6, 6.07) is 0.0168. The Bertz CT molecular complexity index is 374. The Morgan fingerprint density at radius 2 is 1.89 bits per heavy atom. The second kappa shape index (κ2) is 5.68. The molecule has 3 nitrogen and oxygen atoms in total. The van der Waals surface area contributed by atoms with E-state index in [-0.39, 0.29) is 17.1 Å². The minimum Gasteiger partial charge on any atom is -0.374 e. The van der Waals surface area contributed by atoms with Gasteiger partial charge in [-0.05, 0) is 20.8 Å². The molecular formula is C14H26N2OS. The van der Waals surface area contributed by atoms with Crippen molar-refractivity contribution in [2.75, 3.05) is 6.61 Å². The van der Waals surface area contributed by atoms with Crippen LogP contribution < -0.4 is 5.73 Å². The van der Waals surface area contributed by atoms with Gasteiger partial charge in [0, 0.05) is 23.3 Å². The third-order valence-electron chi connectivity index (χ3n) is 2.49. The molecule has 4 heteroatoms. The molecule has 1 atom stereocenters. The lowest BCUT2D eigenvalue weighted by Gasteiger charge is -2.22. The van der Waals surface area contributed by atoms with Crippen LogP contribution in [0.4, 0.5) is 0 Å². The molecule has 0 radical (unpaired) electrons. The minimum absolute atomic E-state index is 0.0168. The van der Waals surface area contributed by atoms with Crippen molar-refractivity contribution >= 4 is 11.3 Å². The molecule has 0 aliphatic carbocycles. The molecule has 0 amide bonds. The summed E-state index contributed by atoms with van der Waals surface area (Å²) in [5.41, 5.74) is 7.20. The summed E-state index contributed by atoms with van der Waals surface area (Å²) < 4.78 is 5.69. The highest BCUT2D eigenvalue weighted by Gasteiger charge is 2.19. The third kappa shape index (κ3) is 5.46. The summed E-state index contributed by atoms with van der Waals surface area (Å²) in [6.07, 6.45) is 0.789. The van der Waals surface area contributed by atoms with Crippen LogP contribution in [0, 0.1) is 0 Å². The maximum atomic E-state index is 6.07. The number of hydrogen-bond acceptors (Lipinski definition) is 4. The van der Waals surface area contributed by atoms with Gasteiger partial charge in [-0.2, -0.15) is 0 Å². The van der Waals surface area contributed by atoms with E-state index in [1.54, 1.807) is 11.3 Å².